The van der Waals surface area contributed by atoms with Crippen LogP contribution in [-0.4, -0.2) is 9.97 Å². The van der Waals surface area contributed by atoms with Crippen molar-refractivity contribution in [2.75, 3.05) is 0 Å². The Balaban J connectivity index is 3.19. The number of nitroso groups, excluding NO2 is 1. The van der Waals surface area contributed by atoms with Crippen molar-refractivity contribution in [1.82, 2.24) is 9.97 Å². The van der Waals surface area contributed by atoms with Crippen LogP contribution in [0.1, 0.15) is 5.56 Å². The summed E-state index contributed by atoms with van der Waals surface area (Å²) in [6.07, 6.45) is 1.17. The number of nitrogens with zero attached hydrogens (tertiary/aromatic N) is 1. The Kier molecular flexibility index (Phi) is 1.95. The second kappa shape index (κ2) is 2.91. The van der Waals surface area contributed by atoms with Crippen LogP contribution in [0.2, 0.25) is 0 Å². The smallest absolute Gasteiger partial charge is 0.314 e. The molecule has 0 bridgehead atoms. The molecule has 0 aromatic carbocycles. The summed E-state index contributed by atoms with van der Waals surface area (Å²) in [7, 11) is 0. The second-order valence-corrected chi connectivity index (χ2v) is 1.88. The molecule has 0 spiro atoms. The number of aromatic amines is 2. The number of aromatic nitrogens is 2. The van der Waals surface area contributed by atoms with E-state index in [1.54, 1.807) is 0 Å². The Hall–Kier alpha value is -1.72. The van der Waals surface area contributed by atoms with Crippen molar-refractivity contribution in [2.45, 2.75) is 6.54 Å². The van der Waals surface area contributed by atoms with Gasteiger partial charge in [0.25, 0.3) is 5.56 Å². The third-order valence-electron chi connectivity index (χ3n) is 1.13. The van der Waals surface area contributed by atoms with Gasteiger partial charge in [0.2, 0.25) is 0 Å². The molecule has 0 atom stereocenters. The van der Waals surface area contributed by atoms with Crippen molar-refractivity contribution in [3.05, 3.63) is 37.5 Å². The van der Waals surface area contributed by atoms with Gasteiger partial charge in [-0.3, -0.25) is 9.78 Å². The van der Waals surface area contributed by atoms with Gasteiger partial charge in [-0.25, -0.2) is 4.79 Å². The fraction of sp³-hybridized carbons (Fsp3) is 0.200. The third-order valence-corrected chi connectivity index (χ3v) is 1.13. The van der Waals surface area contributed by atoms with Gasteiger partial charge in [0.15, 0.2) is 0 Å². The summed E-state index contributed by atoms with van der Waals surface area (Å²) in [5.74, 6) is 0. The molecule has 58 valence electrons. The lowest BCUT2D eigenvalue weighted by molar-refractivity contribution is 0.936. The van der Waals surface area contributed by atoms with Crippen molar-refractivity contribution in [2.24, 2.45) is 5.18 Å². The molecule has 0 radical (unpaired) electrons. The largest absolute Gasteiger partial charge is 0.325 e. The lowest BCUT2D eigenvalue weighted by Crippen LogP contribution is -2.24. The highest BCUT2D eigenvalue weighted by Crippen LogP contribution is 1.85. The van der Waals surface area contributed by atoms with E-state index in [1.807, 2.05) is 4.98 Å². The first-order valence-corrected chi connectivity index (χ1v) is 2.84. The summed E-state index contributed by atoms with van der Waals surface area (Å²) in [5, 5.41) is 2.50. The monoisotopic (exact) mass is 155 g/mol. The van der Waals surface area contributed by atoms with Crippen LogP contribution in [0.25, 0.3) is 0 Å². The Morgan fingerprint density at radius 2 is 2.18 bits per heavy atom. The summed E-state index contributed by atoms with van der Waals surface area (Å²) >= 11 is 0. The standard InChI is InChI=1S/C5H5N3O3/c9-4-3(2-7-11)1-6-5(10)8-4/h1H,2H2,(H2,6,8,9,10). The summed E-state index contributed by atoms with van der Waals surface area (Å²) in [6.45, 7) is -0.230. The molecule has 1 rings (SSSR count). The molecule has 0 aliphatic rings. The molecule has 0 aliphatic carbocycles. The molecule has 0 aliphatic heterocycles. The summed E-state index contributed by atoms with van der Waals surface area (Å²) in [6, 6.07) is 0. The van der Waals surface area contributed by atoms with E-state index in [0.29, 0.717) is 0 Å². The number of rotatable bonds is 2. The van der Waals surface area contributed by atoms with Gasteiger partial charge in [-0.1, -0.05) is 5.18 Å². The van der Waals surface area contributed by atoms with Gasteiger partial charge >= 0.3 is 5.69 Å². The maximum atomic E-state index is 10.8. The van der Waals surface area contributed by atoms with E-state index in [0.717, 1.165) is 0 Å². The van der Waals surface area contributed by atoms with Crippen molar-refractivity contribution in [3.8, 4) is 0 Å². The van der Waals surface area contributed by atoms with Gasteiger partial charge < -0.3 is 4.98 Å². The fourth-order valence-corrected chi connectivity index (χ4v) is 0.625. The Morgan fingerprint density at radius 3 is 2.73 bits per heavy atom. The molecule has 1 aromatic rings. The number of nitrogens with one attached hydrogen (secondary N) is 2. The van der Waals surface area contributed by atoms with Crippen LogP contribution in [0.4, 0.5) is 0 Å². The van der Waals surface area contributed by atoms with Gasteiger partial charge in [0.1, 0.15) is 6.54 Å². The van der Waals surface area contributed by atoms with Gasteiger partial charge in [0.05, 0.1) is 5.56 Å². The van der Waals surface area contributed by atoms with E-state index in [4.69, 9.17) is 0 Å². The van der Waals surface area contributed by atoms with Crippen LogP contribution >= 0.6 is 0 Å². The molecule has 6 heteroatoms. The van der Waals surface area contributed by atoms with Crippen LogP contribution in [0, 0.1) is 4.91 Å². The van der Waals surface area contributed by atoms with Crippen molar-refractivity contribution < 1.29 is 0 Å². The van der Waals surface area contributed by atoms with E-state index in [1.165, 1.54) is 6.20 Å². The lowest BCUT2D eigenvalue weighted by atomic mass is 10.3. The van der Waals surface area contributed by atoms with E-state index >= 15 is 0 Å². The Morgan fingerprint density at radius 1 is 1.45 bits per heavy atom. The van der Waals surface area contributed by atoms with Crippen LogP contribution in [0.15, 0.2) is 21.0 Å². The predicted octanol–water partition coefficient (Wildman–Crippen LogP) is -0.670. The normalized spacial score (nSPS) is 9.45. The first kappa shape index (κ1) is 7.39. The van der Waals surface area contributed by atoms with E-state index < -0.39 is 11.2 Å². The average molecular weight is 155 g/mol. The molecular formula is C5H5N3O3. The predicted molar refractivity (Wildman–Crippen MR) is 37.2 cm³/mol. The van der Waals surface area contributed by atoms with Crippen LogP contribution < -0.4 is 11.2 Å². The summed E-state index contributed by atoms with van der Waals surface area (Å²) < 4.78 is 0. The van der Waals surface area contributed by atoms with Gasteiger partial charge in [-0.05, 0) is 0 Å². The Labute approximate surface area is 60.3 Å². The molecule has 6 nitrogen and oxygen atoms in total. The number of H-pyrrole nitrogens is 2. The molecular weight excluding hydrogens is 150 g/mol. The minimum Gasteiger partial charge on any atom is -0.314 e. The molecule has 0 saturated carbocycles. The fourth-order valence-electron chi connectivity index (χ4n) is 0.625. The number of hydrogen-bond acceptors (Lipinski definition) is 4. The van der Waals surface area contributed by atoms with E-state index in [2.05, 4.69) is 10.2 Å². The number of hydrogen-bond donors (Lipinski definition) is 2. The van der Waals surface area contributed by atoms with Gasteiger partial charge in [-0.15, -0.1) is 0 Å². The highest BCUT2D eigenvalue weighted by Gasteiger charge is 1.97. The average Bonchev–Trinajstić information content (AvgIpc) is 1.95. The zero-order chi connectivity index (χ0) is 8.27. The maximum absolute atomic E-state index is 10.8. The molecule has 0 unspecified atom stereocenters. The zero-order valence-electron chi connectivity index (χ0n) is 5.46. The highest BCUT2D eigenvalue weighted by molar-refractivity contribution is 5.02. The molecule has 1 heterocycles. The van der Waals surface area contributed by atoms with Gasteiger partial charge in [-0.2, -0.15) is 4.91 Å². The van der Waals surface area contributed by atoms with Crippen molar-refractivity contribution in [3.63, 3.8) is 0 Å². The maximum Gasteiger partial charge on any atom is 0.325 e. The Bertz CT molecular complexity index is 364. The molecule has 0 fully saturated rings. The quantitative estimate of drug-likeness (QED) is 0.554. The molecule has 1 aromatic heterocycles. The van der Waals surface area contributed by atoms with E-state index in [9.17, 15) is 14.5 Å². The molecule has 2 N–H and O–H groups in total. The molecule has 11 heavy (non-hydrogen) atoms. The first-order chi connectivity index (χ1) is 5.24. The molecule has 0 amide bonds. The zero-order valence-corrected chi connectivity index (χ0v) is 5.46. The molecule has 0 saturated heterocycles. The van der Waals surface area contributed by atoms with Crippen LogP contribution in [0.5, 0.6) is 0 Å². The van der Waals surface area contributed by atoms with Crippen molar-refractivity contribution in [1.29, 1.82) is 0 Å². The summed E-state index contributed by atoms with van der Waals surface area (Å²) in [5.41, 5.74) is -1.02. The van der Waals surface area contributed by atoms with Crippen LogP contribution in [-0.2, 0) is 6.54 Å². The van der Waals surface area contributed by atoms with Crippen molar-refractivity contribution >= 4 is 0 Å². The highest BCUT2D eigenvalue weighted by atomic mass is 16.3. The summed E-state index contributed by atoms with van der Waals surface area (Å²) in [4.78, 5) is 35.1. The van der Waals surface area contributed by atoms with E-state index in [-0.39, 0.29) is 12.1 Å². The lowest BCUT2D eigenvalue weighted by Gasteiger charge is -1.88. The third kappa shape index (κ3) is 1.60. The second-order valence-electron chi connectivity index (χ2n) is 1.88. The topological polar surface area (TPSA) is 95.2 Å². The van der Waals surface area contributed by atoms with Gasteiger partial charge in [0, 0.05) is 6.20 Å². The first-order valence-electron chi connectivity index (χ1n) is 2.84. The minimum absolute atomic E-state index is 0.152. The van der Waals surface area contributed by atoms with Crippen LogP contribution in [0.3, 0.4) is 0 Å². The minimum atomic E-state index is -0.593. The SMILES string of the molecule is O=NCc1c[nH]c(=O)[nH]c1=O.